The zero-order valence-electron chi connectivity index (χ0n) is 21.5. The molecule has 8 rings (SSSR count). The number of fused-ring (bicyclic) bond motifs is 4. The highest BCUT2D eigenvalue weighted by Crippen LogP contribution is 2.60. The minimum atomic E-state index is -0.479. The highest BCUT2D eigenvalue weighted by atomic mass is 35.5. The van der Waals surface area contributed by atoms with Crippen molar-refractivity contribution in [3.8, 4) is 28.1 Å². The molecule has 1 fully saturated rings. The summed E-state index contributed by atoms with van der Waals surface area (Å²) in [5, 5.41) is 15.5. The maximum Gasteiger partial charge on any atom is 0.252 e. The second-order valence-electron chi connectivity index (χ2n) is 11.0. The highest BCUT2D eigenvalue weighted by molar-refractivity contribution is 6.31. The van der Waals surface area contributed by atoms with Crippen LogP contribution in [0.2, 0.25) is 5.02 Å². The summed E-state index contributed by atoms with van der Waals surface area (Å²) in [5.41, 5.74) is 6.24. The Morgan fingerprint density at radius 3 is 2.85 bits per heavy atom. The van der Waals surface area contributed by atoms with Crippen LogP contribution in [0.5, 0.6) is 0 Å². The number of hydrogen-bond acceptors (Lipinski definition) is 6. The fraction of sp³-hybridized carbons (Fsp3) is 0.276. The summed E-state index contributed by atoms with van der Waals surface area (Å²) in [4.78, 5) is 21.2. The predicted octanol–water partition coefficient (Wildman–Crippen LogP) is 5.13. The third-order valence-corrected chi connectivity index (χ3v) is 8.69. The number of nitrogens with one attached hydrogen (secondary N) is 2. The summed E-state index contributed by atoms with van der Waals surface area (Å²) >= 11 is 6.34. The van der Waals surface area contributed by atoms with E-state index in [-0.39, 0.29) is 29.1 Å². The molecule has 40 heavy (non-hydrogen) atoms. The van der Waals surface area contributed by atoms with Gasteiger partial charge in [-0.15, -0.1) is 5.10 Å². The fourth-order valence-electron chi connectivity index (χ4n) is 6.47. The average molecular weight is 555 g/mol. The Labute approximate surface area is 233 Å². The van der Waals surface area contributed by atoms with E-state index < -0.39 is 5.95 Å². The van der Waals surface area contributed by atoms with Crippen LogP contribution in [-0.2, 0) is 6.42 Å². The largest absolute Gasteiger partial charge is 0.382 e. The predicted molar refractivity (Wildman–Crippen MR) is 148 cm³/mol. The van der Waals surface area contributed by atoms with E-state index >= 15 is 4.39 Å². The molecule has 9 nitrogen and oxygen atoms in total. The Bertz CT molecular complexity index is 1860. The number of H-pyrrole nitrogens is 1. The number of benzene rings is 2. The van der Waals surface area contributed by atoms with Crippen molar-refractivity contribution in [3.05, 3.63) is 93.3 Å². The first kappa shape index (κ1) is 23.6. The molecule has 11 heteroatoms. The number of aromatic nitrogens is 7. The number of hydrogen-bond donors (Lipinski definition) is 2. The molecule has 2 aliphatic heterocycles. The molecule has 0 bridgehead atoms. The van der Waals surface area contributed by atoms with Gasteiger partial charge in [0, 0.05) is 45.6 Å². The normalized spacial score (nSPS) is 22.4. The first-order valence-electron chi connectivity index (χ1n) is 13.4. The van der Waals surface area contributed by atoms with Gasteiger partial charge in [0.1, 0.15) is 17.8 Å². The van der Waals surface area contributed by atoms with Gasteiger partial charge in [0.2, 0.25) is 5.95 Å². The van der Waals surface area contributed by atoms with Gasteiger partial charge in [-0.25, -0.2) is 4.98 Å². The summed E-state index contributed by atoms with van der Waals surface area (Å²) in [6.45, 7) is 2.16. The maximum absolute atomic E-state index is 15.3. The molecule has 3 aliphatic rings. The van der Waals surface area contributed by atoms with Crippen molar-refractivity contribution in [2.24, 2.45) is 5.92 Å². The standard InChI is InChI=1S/C29H24ClFN8O/c1-14-2-3-15-8-16(4-6-22(15)33-14)26-28(31)35-29(34-26)27-21-12-20(21)24-9-17(10-25(40)39(24)27)19-11-18(30)5-7-23(19)38-13-32-36-37-38/h4-11,13-14,20-21,27,33H,2-3,12H2,1H3,(H,34,35). The number of imidazole rings is 1. The van der Waals surface area contributed by atoms with Gasteiger partial charge in [0.05, 0.1) is 11.7 Å². The number of anilines is 1. The lowest BCUT2D eigenvalue weighted by Crippen LogP contribution is -2.26. The van der Waals surface area contributed by atoms with Gasteiger partial charge in [-0.1, -0.05) is 17.7 Å². The zero-order chi connectivity index (χ0) is 27.1. The number of aryl methyl sites for hydroxylation is 1. The number of aromatic amines is 1. The van der Waals surface area contributed by atoms with Gasteiger partial charge in [-0.3, -0.25) is 4.79 Å². The van der Waals surface area contributed by atoms with Crippen molar-refractivity contribution in [1.82, 2.24) is 34.7 Å². The number of rotatable bonds is 4. The van der Waals surface area contributed by atoms with E-state index in [2.05, 4.69) is 32.7 Å². The SMILES string of the molecule is CC1CCc2cc(-c3nc(C4C5CC5c5cc(-c6cc(Cl)ccc6-n6cnnn6)cc(=O)n54)[nH]c3F)ccc2N1. The number of pyridine rings is 1. The van der Waals surface area contributed by atoms with Crippen LogP contribution in [0.3, 0.4) is 0 Å². The number of tetrazole rings is 1. The van der Waals surface area contributed by atoms with E-state index in [1.54, 1.807) is 21.4 Å². The van der Waals surface area contributed by atoms with Crippen LogP contribution >= 0.6 is 11.6 Å². The average Bonchev–Trinajstić information content (AvgIpc) is 3.24. The van der Waals surface area contributed by atoms with Crippen LogP contribution in [0.25, 0.3) is 28.1 Å². The van der Waals surface area contributed by atoms with Crippen molar-refractivity contribution in [3.63, 3.8) is 0 Å². The first-order chi connectivity index (χ1) is 19.4. The number of nitrogens with zero attached hydrogens (tertiary/aromatic N) is 6. The molecule has 3 aromatic heterocycles. The van der Waals surface area contributed by atoms with Crippen molar-refractivity contribution < 1.29 is 4.39 Å². The third-order valence-electron chi connectivity index (χ3n) is 8.45. The van der Waals surface area contributed by atoms with Crippen LogP contribution in [0.1, 0.15) is 48.8 Å². The third kappa shape index (κ3) is 3.62. The van der Waals surface area contributed by atoms with Crippen LogP contribution in [0, 0.1) is 11.9 Å². The summed E-state index contributed by atoms with van der Waals surface area (Å²) in [5.74, 6) is 0.401. The minimum Gasteiger partial charge on any atom is -0.382 e. The van der Waals surface area contributed by atoms with Gasteiger partial charge in [-0.2, -0.15) is 9.07 Å². The first-order valence-corrected chi connectivity index (χ1v) is 13.8. The van der Waals surface area contributed by atoms with Gasteiger partial charge < -0.3 is 14.9 Å². The fourth-order valence-corrected chi connectivity index (χ4v) is 6.64. The maximum atomic E-state index is 15.3. The molecule has 0 radical (unpaired) electrons. The lowest BCUT2D eigenvalue weighted by atomic mass is 9.96. The van der Waals surface area contributed by atoms with E-state index in [9.17, 15) is 4.79 Å². The Hall–Kier alpha value is -4.31. The minimum absolute atomic E-state index is 0.167. The topological polar surface area (TPSA) is 106 Å². The Balaban J connectivity index is 1.18. The molecule has 0 amide bonds. The molecule has 2 aromatic carbocycles. The van der Waals surface area contributed by atoms with E-state index in [4.69, 9.17) is 16.6 Å². The van der Waals surface area contributed by atoms with Crippen molar-refractivity contribution >= 4 is 17.3 Å². The van der Waals surface area contributed by atoms with Crippen LogP contribution in [-0.4, -0.2) is 40.8 Å². The van der Waals surface area contributed by atoms with E-state index in [1.165, 1.54) is 11.9 Å². The summed E-state index contributed by atoms with van der Waals surface area (Å²) in [6, 6.07) is 15.0. The molecule has 200 valence electrons. The monoisotopic (exact) mass is 554 g/mol. The molecular formula is C29H24ClFN8O. The second-order valence-corrected chi connectivity index (χ2v) is 11.4. The smallest absolute Gasteiger partial charge is 0.252 e. The van der Waals surface area contributed by atoms with Crippen LogP contribution < -0.4 is 10.9 Å². The van der Waals surface area contributed by atoms with E-state index in [0.29, 0.717) is 22.6 Å². The van der Waals surface area contributed by atoms with Gasteiger partial charge in [0.15, 0.2) is 0 Å². The molecular weight excluding hydrogens is 531 g/mol. The molecule has 4 unspecified atom stereocenters. The summed E-state index contributed by atoms with van der Waals surface area (Å²) in [7, 11) is 0. The van der Waals surface area contributed by atoms with E-state index in [1.807, 2.05) is 36.4 Å². The van der Waals surface area contributed by atoms with Gasteiger partial charge >= 0.3 is 0 Å². The molecule has 5 heterocycles. The lowest BCUT2D eigenvalue weighted by molar-refractivity contribution is 0.504. The molecule has 4 atom stereocenters. The van der Waals surface area contributed by atoms with E-state index in [0.717, 1.165) is 47.3 Å². The van der Waals surface area contributed by atoms with Crippen molar-refractivity contribution in [2.45, 2.75) is 44.2 Å². The molecule has 0 spiro atoms. The van der Waals surface area contributed by atoms with Crippen LogP contribution in [0.15, 0.2) is 59.7 Å². The molecule has 1 saturated carbocycles. The summed E-state index contributed by atoms with van der Waals surface area (Å²) in [6.07, 6.45) is 4.39. The quantitative estimate of drug-likeness (QED) is 0.319. The summed E-state index contributed by atoms with van der Waals surface area (Å²) < 4.78 is 18.6. The van der Waals surface area contributed by atoms with Crippen molar-refractivity contribution in [1.29, 1.82) is 0 Å². The second kappa shape index (κ2) is 8.59. The lowest BCUT2D eigenvalue weighted by Gasteiger charge is -2.24. The molecule has 1 aliphatic carbocycles. The highest BCUT2D eigenvalue weighted by Gasteiger charge is 2.54. The van der Waals surface area contributed by atoms with Gasteiger partial charge in [-0.05, 0) is 90.1 Å². The molecule has 2 N–H and O–H groups in total. The zero-order valence-corrected chi connectivity index (χ0v) is 22.2. The Morgan fingerprint density at radius 1 is 1.10 bits per heavy atom. The number of halogens is 2. The van der Waals surface area contributed by atoms with Gasteiger partial charge in [0.25, 0.3) is 5.56 Å². The van der Waals surface area contributed by atoms with Crippen molar-refractivity contribution in [2.75, 3.05) is 5.32 Å². The molecule has 5 aromatic rings. The Kier molecular flexibility index (Phi) is 5.06. The van der Waals surface area contributed by atoms with Crippen LogP contribution in [0.4, 0.5) is 10.1 Å². The molecule has 0 saturated heterocycles. The Morgan fingerprint density at radius 2 is 2.00 bits per heavy atom.